The van der Waals surface area contributed by atoms with Gasteiger partial charge in [-0.05, 0) is 92.2 Å². The summed E-state index contributed by atoms with van der Waals surface area (Å²) in [5, 5.41) is 2.49. The van der Waals surface area contributed by atoms with Gasteiger partial charge in [-0.3, -0.25) is 0 Å². The van der Waals surface area contributed by atoms with Crippen molar-refractivity contribution in [2.75, 3.05) is 4.90 Å². The number of rotatable bonds is 6. The summed E-state index contributed by atoms with van der Waals surface area (Å²) in [6, 6.07) is 70.3. The SMILES string of the molecule is CC1C=CC=C(c2ccc(N(c3ccccc3)c3cccc4c3C(C)(C)c3ccccc3S4)c3ccccc23)C1C1(c2ccccc2)c2ccccc2-c2ccccc21. The zero-order valence-corrected chi connectivity index (χ0v) is 34.5. The van der Waals surface area contributed by atoms with E-state index in [2.05, 4.69) is 232 Å². The zero-order valence-electron chi connectivity index (χ0n) is 33.6. The lowest BCUT2D eigenvalue weighted by Gasteiger charge is -2.45. The average Bonchev–Trinajstić information content (AvgIpc) is 3.58. The molecule has 1 nitrogen and oxygen atoms in total. The molecular weight excluding hydrogens is 731 g/mol. The van der Waals surface area contributed by atoms with Crippen molar-refractivity contribution >= 4 is 45.2 Å². The molecule has 284 valence electrons. The van der Waals surface area contributed by atoms with E-state index in [1.807, 2.05) is 11.8 Å². The number of allylic oxidation sites excluding steroid dienone is 4. The maximum atomic E-state index is 2.52. The monoisotopic (exact) mass is 775 g/mol. The number of anilines is 3. The molecule has 2 atom stereocenters. The highest BCUT2D eigenvalue weighted by Gasteiger charge is 2.53. The molecule has 0 radical (unpaired) electrons. The Hall–Kier alpha value is -6.35. The molecule has 0 bridgehead atoms. The number of hydrogen-bond acceptors (Lipinski definition) is 2. The Balaban J connectivity index is 1.15. The first-order valence-corrected chi connectivity index (χ1v) is 21.7. The molecular formula is C57H45NS. The molecule has 59 heavy (non-hydrogen) atoms. The summed E-state index contributed by atoms with van der Waals surface area (Å²) in [6.45, 7) is 7.21. The van der Waals surface area contributed by atoms with Crippen molar-refractivity contribution in [1.82, 2.24) is 0 Å². The Bertz CT molecular complexity index is 2930. The molecule has 11 rings (SSSR count). The number of benzene rings is 8. The Morgan fingerprint density at radius 1 is 0.492 bits per heavy atom. The zero-order chi connectivity index (χ0) is 39.7. The number of hydrogen-bond donors (Lipinski definition) is 0. The predicted molar refractivity (Wildman–Crippen MR) is 249 cm³/mol. The molecule has 8 aromatic rings. The minimum atomic E-state index is -0.400. The Morgan fingerprint density at radius 2 is 1.08 bits per heavy atom. The van der Waals surface area contributed by atoms with Crippen LogP contribution in [0.3, 0.4) is 0 Å². The van der Waals surface area contributed by atoms with E-state index in [4.69, 9.17) is 0 Å². The lowest BCUT2D eigenvalue weighted by molar-refractivity contribution is 0.387. The quantitative estimate of drug-likeness (QED) is 0.165. The molecule has 2 aliphatic carbocycles. The van der Waals surface area contributed by atoms with Crippen molar-refractivity contribution in [3.63, 3.8) is 0 Å². The molecule has 2 heteroatoms. The number of nitrogens with zero attached hydrogens (tertiary/aromatic N) is 1. The summed E-state index contributed by atoms with van der Waals surface area (Å²) in [5.74, 6) is 0.380. The highest BCUT2D eigenvalue weighted by atomic mass is 32.2. The molecule has 2 unspecified atom stereocenters. The van der Waals surface area contributed by atoms with Crippen LogP contribution in [-0.4, -0.2) is 0 Å². The topological polar surface area (TPSA) is 3.24 Å². The largest absolute Gasteiger partial charge is 0.310 e. The summed E-state index contributed by atoms with van der Waals surface area (Å²) in [5.41, 5.74) is 15.1. The standard InChI is InChI=1S/C57H45NS/c1-38-20-18-29-46(54(38)57(39-21-6-4-7-22-39)47-30-14-12-26-43(47)44-27-13-15-31-48(44)57)42-36-37-50(45-28-11-10-25-41(42)45)58(40-23-8-5-9-24-40)51-33-19-35-53-55(51)56(2,3)49-32-16-17-34-52(49)59-53/h4-38,54H,1-3H3. The van der Waals surface area contributed by atoms with Gasteiger partial charge in [0.15, 0.2) is 0 Å². The van der Waals surface area contributed by atoms with Gasteiger partial charge < -0.3 is 4.90 Å². The van der Waals surface area contributed by atoms with Gasteiger partial charge in [0.05, 0.1) is 16.8 Å². The maximum Gasteiger partial charge on any atom is 0.0540 e. The summed E-state index contributed by atoms with van der Waals surface area (Å²) in [7, 11) is 0. The van der Waals surface area contributed by atoms with E-state index in [0.29, 0.717) is 0 Å². The number of para-hydroxylation sites is 1. The summed E-state index contributed by atoms with van der Waals surface area (Å²) in [6.07, 6.45) is 7.14. The molecule has 0 N–H and O–H groups in total. The van der Waals surface area contributed by atoms with Crippen molar-refractivity contribution in [3.05, 3.63) is 240 Å². The van der Waals surface area contributed by atoms with Gasteiger partial charge in [0.25, 0.3) is 0 Å². The van der Waals surface area contributed by atoms with E-state index in [1.165, 1.54) is 82.0 Å². The second-order valence-electron chi connectivity index (χ2n) is 16.8. The molecule has 0 amide bonds. The van der Waals surface area contributed by atoms with Crippen LogP contribution in [0.1, 0.15) is 54.2 Å². The van der Waals surface area contributed by atoms with Crippen LogP contribution >= 0.6 is 11.8 Å². The highest BCUT2D eigenvalue weighted by Crippen LogP contribution is 2.62. The van der Waals surface area contributed by atoms with Crippen LogP contribution in [0.25, 0.3) is 27.5 Å². The lowest BCUT2D eigenvalue weighted by Crippen LogP contribution is -2.40. The molecule has 3 aliphatic rings. The smallest absolute Gasteiger partial charge is 0.0540 e. The first-order valence-electron chi connectivity index (χ1n) is 20.9. The van der Waals surface area contributed by atoms with Crippen LogP contribution in [0.5, 0.6) is 0 Å². The third-order valence-corrected chi connectivity index (χ3v) is 14.5. The van der Waals surface area contributed by atoms with Gasteiger partial charge in [-0.15, -0.1) is 0 Å². The fourth-order valence-corrected chi connectivity index (χ4v) is 12.4. The van der Waals surface area contributed by atoms with Crippen LogP contribution in [0.4, 0.5) is 17.1 Å². The molecule has 0 fully saturated rings. The second kappa shape index (κ2) is 13.9. The third-order valence-electron chi connectivity index (χ3n) is 13.4. The summed E-state index contributed by atoms with van der Waals surface area (Å²) < 4.78 is 0. The molecule has 1 aliphatic heterocycles. The van der Waals surface area contributed by atoms with Crippen molar-refractivity contribution in [1.29, 1.82) is 0 Å². The van der Waals surface area contributed by atoms with Crippen molar-refractivity contribution in [3.8, 4) is 11.1 Å². The fourth-order valence-electron chi connectivity index (χ4n) is 11.0. The van der Waals surface area contributed by atoms with Gasteiger partial charge in [0, 0.05) is 37.8 Å². The lowest BCUT2D eigenvalue weighted by atomic mass is 9.56. The minimum absolute atomic E-state index is 0.123. The van der Waals surface area contributed by atoms with Gasteiger partial charge in [0.2, 0.25) is 0 Å². The van der Waals surface area contributed by atoms with Gasteiger partial charge >= 0.3 is 0 Å². The molecule has 1 heterocycles. The van der Waals surface area contributed by atoms with Crippen LogP contribution in [0.15, 0.2) is 216 Å². The Morgan fingerprint density at radius 3 is 1.81 bits per heavy atom. The van der Waals surface area contributed by atoms with Crippen LogP contribution in [0.2, 0.25) is 0 Å². The van der Waals surface area contributed by atoms with E-state index in [1.54, 1.807) is 0 Å². The van der Waals surface area contributed by atoms with Crippen molar-refractivity contribution < 1.29 is 0 Å². The highest BCUT2D eigenvalue weighted by molar-refractivity contribution is 7.99. The first-order chi connectivity index (χ1) is 29.0. The van der Waals surface area contributed by atoms with Crippen molar-refractivity contribution in [2.24, 2.45) is 11.8 Å². The fraction of sp³-hybridized carbons (Fsp3) is 0.123. The first kappa shape index (κ1) is 35.8. The van der Waals surface area contributed by atoms with E-state index < -0.39 is 5.41 Å². The third kappa shape index (κ3) is 5.32. The van der Waals surface area contributed by atoms with Crippen molar-refractivity contribution in [2.45, 2.75) is 41.4 Å². The van der Waals surface area contributed by atoms with E-state index >= 15 is 0 Å². The molecule has 8 aromatic carbocycles. The van der Waals surface area contributed by atoms with Gasteiger partial charge in [-0.1, -0.05) is 202 Å². The molecule has 0 saturated heterocycles. The molecule has 0 spiro atoms. The van der Waals surface area contributed by atoms with E-state index in [-0.39, 0.29) is 17.3 Å². The second-order valence-corrected chi connectivity index (χ2v) is 17.9. The van der Waals surface area contributed by atoms with E-state index in [9.17, 15) is 0 Å². The summed E-state index contributed by atoms with van der Waals surface area (Å²) in [4.78, 5) is 5.17. The van der Waals surface area contributed by atoms with E-state index in [0.717, 1.165) is 5.69 Å². The summed E-state index contributed by atoms with van der Waals surface area (Å²) >= 11 is 1.89. The molecule has 0 saturated carbocycles. The van der Waals surface area contributed by atoms with Gasteiger partial charge in [-0.2, -0.15) is 0 Å². The predicted octanol–water partition coefficient (Wildman–Crippen LogP) is 15.3. The van der Waals surface area contributed by atoms with Crippen LogP contribution < -0.4 is 4.90 Å². The van der Waals surface area contributed by atoms with Gasteiger partial charge in [-0.25, -0.2) is 0 Å². The number of fused-ring (bicyclic) bond motifs is 6. The molecule has 0 aromatic heterocycles. The average molecular weight is 776 g/mol. The Labute approximate surface area is 352 Å². The normalized spacial score (nSPS) is 18.0. The minimum Gasteiger partial charge on any atom is -0.310 e. The van der Waals surface area contributed by atoms with Crippen LogP contribution in [0, 0.1) is 11.8 Å². The Kier molecular flexibility index (Phi) is 8.43. The van der Waals surface area contributed by atoms with Gasteiger partial charge in [0.1, 0.15) is 0 Å². The maximum absolute atomic E-state index is 2.52. The van der Waals surface area contributed by atoms with Crippen LogP contribution in [-0.2, 0) is 10.8 Å².